The van der Waals surface area contributed by atoms with Crippen LogP contribution < -0.4 is 18.9 Å². The molecule has 1 aliphatic heterocycles. The Morgan fingerprint density at radius 2 is 1.78 bits per heavy atom. The van der Waals surface area contributed by atoms with Crippen molar-refractivity contribution in [2.24, 2.45) is 0 Å². The number of carbonyl (C=O) groups is 1. The van der Waals surface area contributed by atoms with E-state index in [1.807, 2.05) is 12.1 Å². The zero-order valence-electron chi connectivity index (χ0n) is 12.9. The second-order valence-corrected chi connectivity index (χ2v) is 4.88. The van der Waals surface area contributed by atoms with Gasteiger partial charge in [-0.25, -0.2) is 0 Å². The lowest BCUT2D eigenvalue weighted by Crippen LogP contribution is -1.95. The van der Waals surface area contributed by atoms with Crippen molar-refractivity contribution in [1.29, 1.82) is 0 Å². The second-order valence-electron chi connectivity index (χ2n) is 4.88. The second kappa shape index (κ2) is 6.44. The lowest BCUT2D eigenvalue weighted by molar-refractivity contribution is 0.104. The van der Waals surface area contributed by atoms with E-state index in [1.54, 1.807) is 44.6 Å². The van der Waals surface area contributed by atoms with Crippen molar-refractivity contribution in [1.82, 2.24) is 0 Å². The predicted molar refractivity (Wildman–Crippen MR) is 85.5 cm³/mol. The first kappa shape index (κ1) is 15.0. The van der Waals surface area contributed by atoms with Crippen LogP contribution in [-0.2, 0) is 0 Å². The normalized spacial score (nSPS) is 12.4. The summed E-state index contributed by atoms with van der Waals surface area (Å²) in [6.45, 7) is 0.189. The highest BCUT2D eigenvalue weighted by Gasteiger charge is 2.15. The predicted octanol–water partition coefficient (Wildman–Crippen LogP) is 3.33. The largest absolute Gasteiger partial charge is 0.493 e. The molecule has 23 heavy (non-hydrogen) atoms. The molecule has 0 unspecified atom stereocenters. The molecule has 0 radical (unpaired) electrons. The monoisotopic (exact) mass is 312 g/mol. The van der Waals surface area contributed by atoms with E-state index in [0.717, 1.165) is 5.56 Å². The molecule has 2 aromatic rings. The highest BCUT2D eigenvalue weighted by molar-refractivity contribution is 6.07. The van der Waals surface area contributed by atoms with Crippen LogP contribution in [0, 0.1) is 0 Å². The Morgan fingerprint density at radius 1 is 1.00 bits per heavy atom. The van der Waals surface area contributed by atoms with E-state index in [1.165, 1.54) is 6.08 Å². The molecular weight excluding hydrogens is 296 g/mol. The van der Waals surface area contributed by atoms with Crippen LogP contribution in [0.1, 0.15) is 15.9 Å². The molecule has 3 rings (SSSR count). The van der Waals surface area contributed by atoms with Gasteiger partial charge in [0.2, 0.25) is 6.79 Å². The summed E-state index contributed by atoms with van der Waals surface area (Å²) in [6.07, 6.45) is 3.24. The summed E-state index contributed by atoms with van der Waals surface area (Å²) < 4.78 is 20.9. The van der Waals surface area contributed by atoms with E-state index < -0.39 is 0 Å². The van der Waals surface area contributed by atoms with E-state index in [0.29, 0.717) is 28.6 Å². The highest BCUT2D eigenvalue weighted by Crippen LogP contribution is 2.33. The number of hydrogen-bond donors (Lipinski definition) is 0. The molecule has 0 spiro atoms. The molecule has 0 N–H and O–H groups in total. The number of rotatable bonds is 5. The number of hydrogen-bond acceptors (Lipinski definition) is 5. The van der Waals surface area contributed by atoms with Gasteiger partial charge in [0.1, 0.15) is 0 Å². The van der Waals surface area contributed by atoms with Gasteiger partial charge < -0.3 is 18.9 Å². The first-order chi connectivity index (χ1) is 11.2. The Labute approximate surface area is 134 Å². The zero-order chi connectivity index (χ0) is 16.2. The summed E-state index contributed by atoms with van der Waals surface area (Å²) in [4.78, 5) is 12.3. The maximum atomic E-state index is 12.3. The third-order valence-corrected chi connectivity index (χ3v) is 3.49. The first-order valence-electron chi connectivity index (χ1n) is 7.05. The summed E-state index contributed by atoms with van der Waals surface area (Å²) >= 11 is 0. The molecule has 118 valence electrons. The molecule has 0 bridgehead atoms. The molecule has 0 saturated heterocycles. The minimum atomic E-state index is -0.113. The van der Waals surface area contributed by atoms with Crippen LogP contribution in [0.15, 0.2) is 42.5 Å². The molecule has 0 aliphatic carbocycles. The van der Waals surface area contributed by atoms with Gasteiger partial charge in [-0.2, -0.15) is 0 Å². The minimum Gasteiger partial charge on any atom is -0.493 e. The third-order valence-electron chi connectivity index (χ3n) is 3.49. The Kier molecular flexibility index (Phi) is 4.19. The standard InChI is InChI=1S/C18H16O5/c1-20-15-7-4-12(9-17(15)21-2)3-6-14(19)13-5-8-16-18(10-13)23-11-22-16/h3-10H,11H2,1-2H3. The number of fused-ring (bicyclic) bond motifs is 1. The van der Waals surface area contributed by atoms with Gasteiger partial charge in [0, 0.05) is 5.56 Å². The van der Waals surface area contributed by atoms with Crippen molar-refractivity contribution in [3.63, 3.8) is 0 Å². The molecule has 2 aromatic carbocycles. The van der Waals surface area contributed by atoms with Crippen LogP contribution in [0.4, 0.5) is 0 Å². The van der Waals surface area contributed by atoms with Gasteiger partial charge in [-0.15, -0.1) is 0 Å². The van der Waals surface area contributed by atoms with Gasteiger partial charge in [0.25, 0.3) is 0 Å². The number of ketones is 1. The molecule has 0 atom stereocenters. The molecule has 1 aliphatic rings. The third kappa shape index (κ3) is 3.13. The fourth-order valence-corrected chi connectivity index (χ4v) is 2.27. The number of ether oxygens (including phenoxy) is 4. The smallest absolute Gasteiger partial charge is 0.231 e. The van der Waals surface area contributed by atoms with E-state index in [2.05, 4.69) is 0 Å². The quantitative estimate of drug-likeness (QED) is 0.626. The maximum Gasteiger partial charge on any atom is 0.231 e. The average Bonchev–Trinajstić information content (AvgIpc) is 3.06. The van der Waals surface area contributed by atoms with Gasteiger partial charge in [-0.1, -0.05) is 12.1 Å². The zero-order valence-corrected chi connectivity index (χ0v) is 12.9. The summed E-state index contributed by atoms with van der Waals surface area (Å²) in [6, 6.07) is 10.6. The van der Waals surface area contributed by atoms with Crippen molar-refractivity contribution in [3.05, 3.63) is 53.6 Å². The lowest BCUT2D eigenvalue weighted by Gasteiger charge is -2.07. The molecule has 0 fully saturated rings. The topological polar surface area (TPSA) is 54.0 Å². The Bertz CT molecular complexity index is 764. The van der Waals surface area contributed by atoms with Crippen LogP contribution in [0.3, 0.4) is 0 Å². The van der Waals surface area contributed by atoms with Crippen molar-refractivity contribution >= 4 is 11.9 Å². The SMILES string of the molecule is COc1ccc(C=CC(=O)c2ccc3c(c2)OCO3)cc1OC. The number of benzene rings is 2. The van der Waals surface area contributed by atoms with Crippen LogP contribution in [0.5, 0.6) is 23.0 Å². The summed E-state index contributed by atoms with van der Waals surface area (Å²) in [5, 5.41) is 0. The Morgan fingerprint density at radius 3 is 2.57 bits per heavy atom. The van der Waals surface area contributed by atoms with Gasteiger partial charge in [-0.3, -0.25) is 4.79 Å². The summed E-state index contributed by atoms with van der Waals surface area (Å²) in [5.41, 5.74) is 1.39. The number of carbonyl (C=O) groups excluding carboxylic acids is 1. The van der Waals surface area contributed by atoms with Crippen LogP contribution >= 0.6 is 0 Å². The molecule has 5 nitrogen and oxygen atoms in total. The number of methoxy groups -OCH3 is 2. The lowest BCUT2D eigenvalue weighted by atomic mass is 10.1. The van der Waals surface area contributed by atoms with E-state index >= 15 is 0 Å². The van der Waals surface area contributed by atoms with Gasteiger partial charge >= 0.3 is 0 Å². The van der Waals surface area contributed by atoms with Gasteiger partial charge in [-0.05, 0) is 42.0 Å². The highest BCUT2D eigenvalue weighted by atomic mass is 16.7. The molecule has 0 saturated carbocycles. The van der Waals surface area contributed by atoms with Crippen LogP contribution in [0.2, 0.25) is 0 Å². The summed E-state index contributed by atoms with van der Waals surface area (Å²) in [7, 11) is 3.15. The first-order valence-corrected chi connectivity index (χ1v) is 7.05. The van der Waals surface area contributed by atoms with Crippen LogP contribution in [-0.4, -0.2) is 26.8 Å². The Balaban J connectivity index is 1.78. The Hall–Kier alpha value is -2.95. The van der Waals surface area contributed by atoms with Crippen molar-refractivity contribution in [3.8, 4) is 23.0 Å². The van der Waals surface area contributed by atoms with Crippen molar-refractivity contribution in [2.45, 2.75) is 0 Å². The van der Waals surface area contributed by atoms with E-state index in [-0.39, 0.29) is 12.6 Å². The number of allylic oxidation sites excluding steroid dienone is 1. The molecular formula is C18H16O5. The van der Waals surface area contributed by atoms with E-state index in [9.17, 15) is 4.79 Å². The maximum absolute atomic E-state index is 12.3. The molecule has 0 aromatic heterocycles. The molecule has 5 heteroatoms. The van der Waals surface area contributed by atoms with Gasteiger partial charge in [0.05, 0.1) is 14.2 Å². The molecule has 0 amide bonds. The van der Waals surface area contributed by atoms with Crippen molar-refractivity contribution in [2.75, 3.05) is 21.0 Å². The average molecular weight is 312 g/mol. The summed E-state index contributed by atoms with van der Waals surface area (Å²) in [5.74, 6) is 2.40. The van der Waals surface area contributed by atoms with Crippen molar-refractivity contribution < 1.29 is 23.7 Å². The van der Waals surface area contributed by atoms with Gasteiger partial charge in [0.15, 0.2) is 28.8 Å². The van der Waals surface area contributed by atoms with E-state index in [4.69, 9.17) is 18.9 Å². The van der Waals surface area contributed by atoms with Crippen LogP contribution in [0.25, 0.3) is 6.08 Å². The fraction of sp³-hybridized carbons (Fsp3) is 0.167. The minimum absolute atomic E-state index is 0.113. The molecule has 1 heterocycles. The fourth-order valence-electron chi connectivity index (χ4n) is 2.27.